The van der Waals surface area contributed by atoms with Crippen molar-refractivity contribution in [3.63, 3.8) is 0 Å². The molecule has 17 heavy (non-hydrogen) atoms. The molecule has 92 valence electrons. The van der Waals surface area contributed by atoms with Crippen LogP contribution in [-0.2, 0) is 16.8 Å². The van der Waals surface area contributed by atoms with E-state index in [0.29, 0.717) is 17.6 Å². The Morgan fingerprint density at radius 3 is 2.53 bits per heavy atom. The molecule has 3 nitrogen and oxygen atoms in total. The lowest BCUT2D eigenvalue weighted by atomic mass is 10.2. The highest BCUT2D eigenvalue weighted by Gasteiger charge is 2.23. The largest absolute Gasteiger partial charge is 0.343 e. The number of halogens is 1. The zero-order valence-corrected chi connectivity index (χ0v) is 10.6. The molecule has 0 radical (unpaired) electrons. The van der Waals surface area contributed by atoms with Crippen LogP contribution >= 0.6 is 0 Å². The van der Waals surface area contributed by atoms with Crippen LogP contribution in [0.15, 0.2) is 29.2 Å². The number of para-hydroxylation sites is 1. The lowest BCUT2D eigenvalue weighted by Crippen LogP contribution is -2.01. The van der Waals surface area contributed by atoms with Crippen LogP contribution in [0.25, 0.3) is 10.9 Å². The summed E-state index contributed by atoms with van der Waals surface area (Å²) in [5, 5.41) is 0.459. The third-order valence-corrected chi connectivity index (χ3v) is 3.87. The van der Waals surface area contributed by atoms with Gasteiger partial charge in [0.1, 0.15) is 4.90 Å². The van der Waals surface area contributed by atoms with Crippen molar-refractivity contribution in [1.82, 2.24) is 4.57 Å². The van der Waals surface area contributed by atoms with Gasteiger partial charge in [-0.1, -0.05) is 25.1 Å². The number of nitrogens with zero attached hydrogens (tertiary/aromatic N) is 1. The maximum Gasteiger partial charge on any atom is 0.334 e. The normalized spacial score (nSPS) is 12.2. The third-order valence-electron chi connectivity index (χ3n) is 2.86. The fraction of sp³-hybridized carbons (Fsp3) is 0.333. The van der Waals surface area contributed by atoms with E-state index in [9.17, 15) is 12.3 Å². The second-order valence-electron chi connectivity index (χ2n) is 4.02. The number of aromatic nitrogens is 1. The Bertz CT molecular complexity index is 658. The Labute approximate surface area is 100 Å². The quantitative estimate of drug-likeness (QED) is 0.791. The zero-order chi connectivity index (χ0) is 12.6. The molecular weight excluding hydrogens is 241 g/mol. The van der Waals surface area contributed by atoms with E-state index in [1.807, 2.05) is 23.6 Å². The number of benzene rings is 1. The van der Waals surface area contributed by atoms with Crippen molar-refractivity contribution in [2.45, 2.75) is 31.7 Å². The van der Waals surface area contributed by atoms with E-state index in [1.54, 1.807) is 19.1 Å². The standard InChI is InChI=1S/C12H14FNO2S/c1-3-8-14-9(2)12(17(13,15)16)10-6-4-5-7-11(10)14/h4-7H,3,8H2,1-2H3. The van der Waals surface area contributed by atoms with Crippen molar-refractivity contribution in [2.24, 2.45) is 0 Å². The predicted molar refractivity (Wildman–Crippen MR) is 65.3 cm³/mol. The van der Waals surface area contributed by atoms with Gasteiger partial charge >= 0.3 is 10.2 Å². The van der Waals surface area contributed by atoms with Crippen LogP contribution in [0.1, 0.15) is 19.0 Å². The molecule has 1 aromatic heterocycles. The van der Waals surface area contributed by atoms with Gasteiger partial charge in [0.2, 0.25) is 0 Å². The van der Waals surface area contributed by atoms with Crippen molar-refractivity contribution in [1.29, 1.82) is 0 Å². The second kappa shape index (κ2) is 4.14. The summed E-state index contributed by atoms with van der Waals surface area (Å²) < 4.78 is 37.6. The van der Waals surface area contributed by atoms with Gasteiger partial charge in [-0.15, -0.1) is 3.89 Å². The topological polar surface area (TPSA) is 39.1 Å². The van der Waals surface area contributed by atoms with E-state index < -0.39 is 10.2 Å². The molecule has 0 unspecified atom stereocenters. The highest BCUT2D eigenvalue weighted by atomic mass is 32.3. The molecule has 0 aliphatic carbocycles. The summed E-state index contributed by atoms with van der Waals surface area (Å²) in [4.78, 5) is -0.193. The van der Waals surface area contributed by atoms with Crippen molar-refractivity contribution >= 4 is 21.1 Å². The summed E-state index contributed by atoms with van der Waals surface area (Å²) >= 11 is 0. The van der Waals surface area contributed by atoms with Crippen molar-refractivity contribution in [3.05, 3.63) is 30.0 Å². The average molecular weight is 255 g/mol. The Kier molecular flexibility index (Phi) is 2.95. The number of hydrogen-bond donors (Lipinski definition) is 0. The first-order valence-electron chi connectivity index (χ1n) is 5.49. The molecule has 0 spiro atoms. The van der Waals surface area contributed by atoms with E-state index in [2.05, 4.69) is 0 Å². The van der Waals surface area contributed by atoms with Gasteiger partial charge in [0, 0.05) is 23.1 Å². The number of aryl methyl sites for hydroxylation is 1. The van der Waals surface area contributed by atoms with Crippen LogP contribution in [0.3, 0.4) is 0 Å². The lowest BCUT2D eigenvalue weighted by Gasteiger charge is -2.05. The van der Waals surface area contributed by atoms with E-state index in [0.717, 1.165) is 11.9 Å². The van der Waals surface area contributed by atoms with Crippen molar-refractivity contribution in [2.75, 3.05) is 0 Å². The minimum Gasteiger partial charge on any atom is -0.343 e. The molecule has 0 aliphatic heterocycles. The van der Waals surface area contributed by atoms with Crippen LogP contribution in [-0.4, -0.2) is 13.0 Å². The van der Waals surface area contributed by atoms with Gasteiger partial charge < -0.3 is 4.57 Å². The van der Waals surface area contributed by atoms with Crippen LogP contribution < -0.4 is 0 Å². The van der Waals surface area contributed by atoms with E-state index in [4.69, 9.17) is 0 Å². The molecule has 0 aliphatic rings. The first-order chi connectivity index (χ1) is 7.96. The maximum atomic E-state index is 13.3. The van der Waals surface area contributed by atoms with Crippen LogP contribution in [0.4, 0.5) is 3.89 Å². The van der Waals surface area contributed by atoms with E-state index in [1.165, 1.54) is 0 Å². The number of hydrogen-bond acceptors (Lipinski definition) is 2. The monoisotopic (exact) mass is 255 g/mol. The number of fused-ring (bicyclic) bond motifs is 1. The minimum absolute atomic E-state index is 0.193. The van der Waals surface area contributed by atoms with E-state index in [-0.39, 0.29) is 4.90 Å². The summed E-state index contributed by atoms with van der Waals surface area (Å²) in [5.41, 5.74) is 1.23. The minimum atomic E-state index is -4.68. The molecule has 2 rings (SSSR count). The van der Waals surface area contributed by atoms with Gasteiger partial charge in [-0.05, 0) is 19.4 Å². The van der Waals surface area contributed by atoms with Gasteiger partial charge in [0.25, 0.3) is 0 Å². The zero-order valence-electron chi connectivity index (χ0n) is 9.77. The summed E-state index contributed by atoms with van der Waals surface area (Å²) in [6.07, 6.45) is 0.866. The maximum absolute atomic E-state index is 13.3. The van der Waals surface area contributed by atoms with Gasteiger partial charge in [0.05, 0.1) is 0 Å². The molecule has 5 heteroatoms. The molecular formula is C12H14FNO2S. The summed E-state index contributed by atoms with van der Waals surface area (Å²) in [5.74, 6) is 0. The second-order valence-corrected chi connectivity index (χ2v) is 5.31. The van der Waals surface area contributed by atoms with Crippen LogP contribution in [0.5, 0.6) is 0 Å². The first-order valence-corrected chi connectivity index (χ1v) is 6.87. The molecule has 0 bridgehead atoms. The third kappa shape index (κ3) is 1.95. The Morgan fingerprint density at radius 2 is 1.94 bits per heavy atom. The van der Waals surface area contributed by atoms with E-state index >= 15 is 0 Å². The van der Waals surface area contributed by atoms with Crippen LogP contribution in [0.2, 0.25) is 0 Å². The van der Waals surface area contributed by atoms with Gasteiger partial charge in [-0.25, -0.2) is 0 Å². The fourth-order valence-electron chi connectivity index (χ4n) is 2.22. The summed E-state index contributed by atoms with van der Waals surface area (Å²) in [7, 11) is -4.68. The highest BCUT2D eigenvalue weighted by molar-refractivity contribution is 7.86. The Balaban J connectivity index is 2.89. The predicted octanol–water partition coefficient (Wildman–Crippen LogP) is 3.02. The molecule has 1 heterocycles. The van der Waals surface area contributed by atoms with Gasteiger partial charge in [0.15, 0.2) is 0 Å². The molecule has 0 saturated heterocycles. The molecule has 0 saturated carbocycles. The number of rotatable bonds is 3. The van der Waals surface area contributed by atoms with Crippen LogP contribution in [0, 0.1) is 6.92 Å². The summed E-state index contributed by atoms with van der Waals surface area (Å²) in [6.45, 7) is 4.32. The van der Waals surface area contributed by atoms with Gasteiger partial charge in [-0.3, -0.25) is 0 Å². The average Bonchev–Trinajstić information content (AvgIpc) is 2.52. The van der Waals surface area contributed by atoms with Gasteiger partial charge in [-0.2, -0.15) is 8.42 Å². The molecule has 2 aromatic rings. The Morgan fingerprint density at radius 1 is 1.29 bits per heavy atom. The van der Waals surface area contributed by atoms with Crippen molar-refractivity contribution in [3.8, 4) is 0 Å². The fourth-order valence-corrected chi connectivity index (χ4v) is 3.12. The molecule has 0 fully saturated rings. The molecule has 1 aromatic carbocycles. The lowest BCUT2D eigenvalue weighted by molar-refractivity contribution is 0.551. The highest BCUT2D eigenvalue weighted by Crippen LogP contribution is 2.31. The molecule has 0 atom stereocenters. The smallest absolute Gasteiger partial charge is 0.334 e. The molecule has 0 amide bonds. The molecule has 0 N–H and O–H groups in total. The Hall–Kier alpha value is -1.36. The summed E-state index contributed by atoms with van der Waals surface area (Å²) in [6, 6.07) is 6.99. The first kappa shape index (κ1) is 12.1. The SMILES string of the molecule is CCCn1c(C)c(S(=O)(=O)F)c2ccccc21. The van der Waals surface area contributed by atoms with Crippen molar-refractivity contribution < 1.29 is 12.3 Å².